The highest BCUT2D eigenvalue weighted by molar-refractivity contribution is 6.40. The number of rotatable bonds is 0. The van der Waals surface area contributed by atoms with Crippen molar-refractivity contribution in [1.82, 2.24) is 38.7 Å². The molecule has 12 heteroatoms. The summed E-state index contributed by atoms with van der Waals surface area (Å²) in [6, 6.07) is 28.0. The highest BCUT2D eigenvalue weighted by Gasteiger charge is 2.30. The van der Waals surface area contributed by atoms with Gasteiger partial charge in [-0.25, -0.2) is 19.9 Å². The van der Waals surface area contributed by atoms with Gasteiger partial charge in [0.05, 0.1) is 67.5 Å². The largest absolute Gasteiger partial charge is 0.290 e. The van der Waals surface area contributed by atoms with Crippen LogP contribution in [-0.4, -0.2) is 38.7 Å². The third-order valence-corrected chi connectivity index (χ3v) is 11.3. The quantitative estimate of drug-likeness (QED) is 0.109. The van der Waals surface area contributed by atoms with E-state index in [0.29, 0.717) is 66.6 Å². The molecule has 0 bridgehead atoms. The Hall–Kier alpha value is -8.84. The van der Waals surface area contributed by atoms with Crippen LogP contribution in [0.15, 0.2) is 85.5 Å². The molecule has 0 saturated heterocycles. The van der Waals surface area contributed by atoms with Crippen molar-refractivity contribution in [3.63, 3.8) is 0 Å². The molecule has 0 N–H and O–H groups in total. The molecule has 0 amide bonds. The number of nitrogens with zero attached hydrogens (tertiary/aromatic N) is 12. The first kappa shape index (κ1) is 28.7. The second-order valence-electron chi connectivity index (χ2n) is 14.0. The van der Waals surface area contributed by atoms with E-state index < -0.39 is 0 Å². The topological polar surface area (TPSA) is 181 Å². The van der Waals surface area contributed by atoms with Gasteiger partial charge in [0.2, 0.25) is 0 Å². The zero-order chi connectivity index (χ0) is 37.1. The Bertz CT molecular complexity index is 3950. The van der Waals surface area contributed by atoms with Crippen LogP contribution in [0, 0.1) is 45.3 Å². The number of hydrogen-bond acceptors (Lipinski definition) is 10. The molecular weight excluding hydrogens is 697 g/mol. The summed E-state index contributed by atoms with van der Waals surface area (Å²) >= 11 is 0. The van der Waals surface area contributed by atoms with Gasteiger partial charge in [0, 0.05) is 78.6 Å². The highest BCUT2D eigenvalue weighted by Crippen LogP contribution is 2.50. The molecule has 56 heavy (non-hydrogen) atoms. The minimum atomic E-state index is 0.398. The number of hydrogen-bond donors (Lipinski definition) is 0. The number of pyridine rings is 4. The molecule has 12 nitrogen and oxygen atoms in total. The van der Waals surface area contributed by atoms with Gasteiger partial charge in [0.1, 0.15) is 45.5 Å². The molecule has 0 aliphatic rings. The van der Waals surface area contributed by atoms with Crippen LogP contribution in [0.1, 0.15) is 22.3 Å². The molecule has 250 valence electrons. The van der Waals surface area contributed by atoms with E-state index in [0.717, 1.165) is 75.9 Å². The first-order chi connectivity index (χ1) is 27.6. The number of fused-ring (bicyclic) bond motifs is 22. The molecule has 13 aromatic rings. The van der Waals surface area contributed by atoms with Crippen molar-refractivity contribution in [2.45, 2.75) is 0 Å². The van der Waals surface area contributed by atoms with Crippen molar-refractivity contribution >= 4 is 120 Å². The first-order valence-corrected chi connectivity index (χ1v) is 17.5. The number of nitriles is 4. The Labute approximate surface area is 311 Å². The predicted octanol–water partition coefficient (Wildman–Crippen LogP) is 8.46. The van der Waals surface area contributed by atoms with Crippen molar-refractivity contribution in [3.05, 3.63) is 108 Å². The molecule has 0 atom stereocenters. The summed E-state index contributed by atoms with van der Waals surface area (Å²) in [5.74, 6) is 0. The first-order valence-electron chi connectivity index (χ1n) is 17.5. The van der Waals surface area contributed by atoms with Gasteiger partial charge in [-0.15, -0.1) is 0 Å². The molecule has 0 radical (unpaired) electrons. The lowest BCUT2D eigenvalue weighted by Crippen LogP contribution is -1.97. The van der Waals surface area contributed by atoms with Crippen LogP contribution in [0.2, 0.25) is 0 Å². The Balaban J connectivity index is 1.43. The van der Waals surface area contributed by atoms with Gasteiger partial charge >= 0.3 is 0 Å². The molecule has 9 heterocycles. The number of benzene rings is 4. The molecule has 0 saturated carbocycles. The minimum Gasteiger partial charge on any atom is -0.290 e. The van der Waals surface area contributed by atoms with Crippen molar-refractivity contribution < 1.29 is 0 Å². The van der Waals surface area contributed by atoms with Gasteiger partial charge in [-0.05, 0) is 48.5 Å². The van der Waals surface area contributed by atoms with Crippen molar-refractivity contribution in [3.8, 4) is 24.3 Å². The fourth-order valence-electron chi connectivity index (χ4n) is 9.25. The van der Waals surface area contributed by atoms with Crippen molar-refractivity contribution in [2.75, 3.05) is 0 Å². The van der Waals surface area contributed by atoms with E-state index in [2.05, 4.69) is 33.1 Å². The summed E-state index contributed by atoms with van der Waals surface area (Å²) in [5, 5.41) is 48.4. The van der Waals surface area contributed by atoms with Gasteiger partial charge in [0.15, 0.2) is 0 Å². The van der Waals surface area contributed by atoms with Crippen LogP contribution in [0.4, 0.5) is 0 Å². The molecule has 13 rings (SSSR count). The zero-order valence-corrected chi connectivity index (χ0v) is 28.4. The summed E-state index contributed by atoms with van der Waals surface area (Å²) < 4.78 is 4.19. The molecular formula is C44H14N12. The maximum atomic E-state index is 10.4. The Morgan fingerprint density at radius 3 is 1.23 bits per heavy atom. The monoisotopic (exact) mass is 710 g/mol. The van der Waals surface area contributed by atoms with Crippen LogP contribution in [-0.2, 0) is 0 Å². The lowest BCUT2D eigenvalue weighted by molar-refractivity contribution is 1.24. The predicted molar refractivity (Wildman–Crippen MR) is 211 cm³/mol. The Kier molecular flexibility index (Phi) is 4.91. The van der Waals surface area contributed by atoms with E-state index in [9.17, 15) is 21.0 Å². The molecule has 0 aliphatic carbocycles. The van der Waals surface area contributed by atoms with E-state index >= 15 is 0 Å². The van der Waals surface area contributed by atoms with Gasteiger partial charge < -0.3 is 0 Å². The van der Waals surface area contributed by atoms with Crippen LogP contribution in [0.25, 0.3) is 120 Å². The highest BCUT2D eigenvalue weighted by atomic mass is 15.0. The van der Waals surface area contributed by atoms with E-state index in [1.807, 2.05) is 60.7 Å². The van der Waals surface area contributed by atoms with Crippen LogP contribution in [0.5, 0.6) is 0 Å². The summed E-state index contributed by atoms with van der Waals surface area (Å²) in [4.78, 5) is 30.4. The SMILES string of the molecule is N#Cc1cnc2c(c1)c1cc(C#N)cc3c4c5nc6c7ncccc7c7cccnc7c6nc5c5c6cc(C#N)cc7c8cc(C#N)cnc8n(c76)c5c4n2c13. The third-order valence-electron chi connectivity index (χ3n) is 11.3. The summed E-state index contributed by atoms with van der Waals surface area (Å²) in [7, 11) is 0. The molecule has 9 aromatic heterocycles. The lowest BCUT2D eigenvalue weighted by Gasteiger charge is -2.11. The third kappa shape index (κ3) is 3.15. The molecule has 0 aliphatic heterocycles. The van der Waals surface area contributed by atoms with E-state index in [4.69, 9.17) is 29.9 Å². The Morgan fingerprint density at radius 1 is 0.393 bits per heavy atom. The maximum Gasteiger partial charge on any atom is 0.145 e. The van der Waals surface area contributed by atoms with Gasteiger partial charge in [-0.1, -0.05) is 12.1 Å². The van der Waals surface area contributed by atoms with Crippen LogP contribution < -0.4 is 0 Å². The zero-order valence-electron chi connectivity index (χ0n) is 28.4. The fraction of sp³-hybridized carbons (Fsp3) is 0. The van der Waals surface area contributed by atoms with Crippen LogP contribution in [0.3, 0.4) is 0 Å². The van der Waals surface area contributed by atoms with Gasteiger partial charge in [0.25, 0.3) is 0 Å². The fourth-order valence-corrected chi connectivity index (χ4v) is 9.25. The van der Waals surface area contributed by atoms with Gasteiger partial charge in [-0.3, -0.25) is 18.8 Å². The van der Waals surface area contributed by atoms with E-state index in [-0.39, 0.29) is 0 Å². The van der Waals surface area contributed by atoms with Crippen molar-refractivity contribution in [2.24, 2.45) is 0 Å². The summed E-state index contributed by atoms with van der Waals surface area (Å²) in [6.07, 6.45) is 6.60. The van der Waals surface area contributed by atoms with E-state index in [1.54, 1.807) is 24.8 Å². The molecule has 4 aromatic carbocycles. The molecule has 0 unspecified atom stereocenters. The Morgan fingerprint density at radius 2 is 0.804 bits per heavy atom. The van der Waals surface area contributed by atoms with Crippen molar-refractivity contribution in [1.29, 1.82) is 21.0 Å². The smallest absolute Gasteiger partial charge is 0.145 e. The number of aromatic nitrogens is 8. The molecule has 0 spiro atoms. The maximum absolute atomic E-state index is 10.4. The second-order valence-corrected chi connectivity index (χ2v) is 14.0. The average Bonchev–Trinajstić information content (AvgIpc) is 3.98. The standard InChI is InChI=1S/C44H14N12/c45-13-19-7-25-27-11-21(15-47)17-51-43(27)55-39(25)29(9-19)31-35-36(54-38-34-24(4-2-6-50-34)23-3-1-5-49-33(23)37(38)53-35)32-30-10-20(14-46)8-26-28-12-22(16-48)18-52-44(28)56(40(26)30)42(32)41(31)55/h1-12,17-18H. The van der Waals surface area contributed by atoms with Gasteiger partial charge in [-0.2, -0.15) is 21.0 Å². The summed E-state index contributed by atoms with van der Waals surface area (Å²) in [6.45, 7) is 0. The minimum absolute atomic E-state index is 0.398. The molecule has 0 fully saturated rings. The van der Waals surface area contributed by atoms with Crippen LogP contribution >= 0.6 is 0 Å². The normalized spacial score (nSPS) is 12.2. The average molecular weight is 711 g/mol. The van der Waals surface area contributed by atoms with E-state index in [1.165, 1.54) is 0 Å². The lowest BCUT2D eigenvalue weighted by atomic mass is 10.00. The summed E-state index contributed by atoms with van der Waals surface area (Å²) in [5.41, 5.74) is 9.70. The second kappa shape index (κ2) is 9.57.